The van der Waals surface area contributed by atoms with E-state index in [1.54, 1.807) is 7.11 Å². The second-order valence-corrected chi connectivity index (χ2v) is 10.1. The van der Waals surface area contributed by atoms with Crippen molar-refractivity contribution in [3.8, 4) is 11.5 Å². The number of rotatable bonds is 11. The van der Waals surface area contributed by atoms with Gasteiger partial charge in [0.1, 0.15) is 0 Å². The maximum absolute atomic E-state index is 5.56. The number of likely N-dealkylation sites (tertiary alicyclic amines) is 1. The van der Waals surface area contributed by atoms with Gasteiger partial charge in [0.05, 0.1) is 6.61 Å². The molecule has 1 atom stereocenters. The molecular formula is C28H41N3O3. The Morgan fingerprint density at radius 2 is 1.71 bits per heavy atom. The summed E-state index contributed by atoms with van der Waals surface area (Å²) in [7, 11) is 5.98. The lowest BCUT2D eigenvalue weighted by Crippen LogP contribution is -2.47. The molecule has 0 aliphatic carbocycles. The molecule has 0 spiro atoms. The summed E-state index contributed by atoms with van der Waals surface area (Å²) < 4.78 is 16.5. The van der Waals surface area contributed by atoms with Crippen molar-refractivity contribution in [3.05, 3.63) is 53.6 Å². The molecule has 2 aliphatic rings. The number of hydrogen-bond acceptors (Lipinski definition) is 6. The predicted molar refractivity (Wildman–Crippen MR) is 138 cm³/mol. The van der Waals surface area contributed by atoms with Crippen molar-refractivity contribution < 1.29 is 14.2 Å². The van der Waals surface area contributed by atoms with Crippen LogP contribution in [0.25, 0.3) is 0 Å². The van der Waals surface area contributed by atoms with Crippen molar-refractivity contribution in [2.24, 2.45) is 5.92 Å². The first-order valence-corrected chi connectivity index (χ1v) is 12.6. The first-order valence-electron chi connectivity index (χ1n) is 12.6. The Hall–Kier alpha value is -2.28. The van der Waals surface area contributed by atoms with Gasteiger partial charge in [-0.3, -0.25) is 9.80 Å². The quantitative estimate of drug-likeness (QED) is 0.491. The molecular weight excluding hydrogens is 426 g/mol. The third-order valence-electron chi connectivity index (χ3n) is 7.08. The Labute approximate surface area is 205 Å². The highest BCUT2D eigenvalue weighted by atomic mass is 16.7. The number of methoxy groups -OCH3 is 1. The van der Waals surface area contributed by atoms with Crippen LogP contribution in [0.15, 0.2) is 42.5 Å². The SMILES string of the molecule is COCCN(CC(C)Cc1ccc2c(c1)OCO2)C1CCN(Cc2ccc(N(C)C)cc2)CC1. The molecule has 2 aliphatic heterocycles. The molecule has 0 aromatic heterocycles. The first kappa shape index (κ1) is 24.8. The maximum Gasteiger partial charge on any atom is 0.231 e. The molecule has 2 aromatic rings. The Bertz CT molecular complexity index is 894. The van der Waals surface area contributed by atoms with Crippen molar-refractivity contribution in [2.75, 3.05) is 65.7 Å². The fourth-order valence-corrected chi connectivity index (χ4v) is 5.17. The van der Waals surface area contributed by atoms with E-state index in [0.29, 0.717) is 18.8 Å². The van der Waals surface area contributed by atoms with E-state index in [9.17, 15) is 0 Å². The predicted octanol–water partition coefficient (Wildman–Crippen LogP) is 4.27. The zero-order valence-electron chi connectivity index (χ0n) is 21.3. The summed E-state index contributed by atoms with van der Waals surface area (Å²) in [6.45, 7) is 8.91. The van der Waals surface area contributed by atoms with E-state index in [1.165, 1.54) is 29.7 Å². The van der Waals surface area contributed by atoms with Crippen molar-refractivity contribution in [1.82, 2.24) is 9.80 Å². The summed E-state index contributed by atoms with van der Waals surface area (Å²) in [5, 5.41) is 0. The van der Waals surface area contributed by atoms with Crippen molar-refractivity contribution in [3.63, 3.8) is 0 Å². The van der Waals surface area contributed by atoms with Gasteiger partial charge >= 0.3 is 0 Å². The van der Waals surface area contributed by atoms with Gasteiger partial charge in [-0.1, -0.05) is 25.1 Å². The normalized spacial score (nSPS) is 17.3. The van der Waals surface area contributed by atoms with Gasteiger partial charge < -0.3 is 19.1 Å². The summed E-state index contributed by atoms with van der Waals surface area (Å²) in [5.74, 6) is 2.30. The van der Waals surface area contributed by atoms with Crippen LogP contribution < -0.4 is 14.4 Å². The maximum atomic E-state index is 5.56. The molecule has 1 fully saturated rings. The number of piperidine rings is 1. The molecule has 4 rings (SSSR count). The zero-order valence-corrected chi connectivity index (χ0v) is 21.3. The first-order chi connectivity index (χ1) is 16.5. The highest BCUT2D eigenvalue weighted by Crippen LogP contribution is 2.33. The Morgan fingerprint density at radius 1 is 1.00 bits per heavy atom. The van der Waals surface area contributed by atoms with Crippen molar-refractivity contribution in [1.29, 1.82) is 0 Å². The van der Waals surface area contributed by atoms with Crippen LogP contribution in [0, 0.1) is 5.92 Å². The van der Waals surface area contributed by atoms with Crippen LogP contribution in [-0.2, 0) is 17.7 Å². The van der Waals surface area contributed by atoms with Crippen LogP contribution in [0.1, 0.15) is 30.9 Å². The molecule has 0 bridgehead atoms. The van der Waals surface area contributed by atoms with Crippen LogP contribution in [0.3, 0.4) is 0 Å². The van der Waals surface area contributed by atoms with Gasteiger partial charge in [0.2, 0.25) is 6.79 Å². The highest BCUT2D eigenvalue weighted by molar-refractivity contribution is 5.46. The van der Waals surface area contributed by atoms with E-state index in [-0.39, 0.29) is 0 Å². The summed E-state index contributed by atoms with van der Waals surface area (Å²) in [6.07, 6.45) is 3.48. The minimum absolute atomic E-state index is 0.333. The average Bonchev–Trinajstić information content (AvgIpc) is 3.30. The molecule has 0 saturated carbocycles. The van der Waals surface area contributed by atoms with Gasteiger partial charge in [-0.05, 0) is 73.7 Å². The Balaban J connectivity index is 1.28. The minimum Gasteiger partial charge on any atom is -0.454 e. The van der Waals surface area contributed by atoms with Gasteiger partial charge in [-0.2, -0.15) is 0 Å². The lowest BCUT2D eigenvalue weighted by molar-refractivity contribution is 0.0673. The molecule has 2 heterocycles. The number of nitrogens with zero attached hydrogens (tertiary/aromatic N) is 3. The second kappa shape index (κ2) is 11.9. The topological polar surface area (TPSA) is 37.4 Å². The monoisotopic (exact) mass is 467 g/mol. The number of benzene rings is 2. The molecule has 34 heavy (non-hydrogen) atoms. The molecule has 1 saturated heterocycles. The summed E-state index contributed by atoms with van der Waals surface area (Å²) in [4.78, 5) is 7.42. The summed E-state index contributed by atoms with van der Waals surface area (Å²) in [6, 6.07) is 16.0. The van der Waals surface area contributed by atoms with Gasteiger partial charge in [0.25, 0.3) is 0 Å². The van der Waals surface area contributed by atoms with Crippen molar-refractivity contribution in [2.45, 2.75) is 38.8 Å². The molecule has 6 heteroatoms. The van der Waals surface area contributed by atoms with Crippen LogP contribution in [0.5, 0.6) is 11.5 Å². The Morgan fingerprint density at radius 3 is 2.41 bits per heavy atom. The number of ether oxygens (including phenoxy) is 3. The van der Waals surface area contributed by atoms with E-state index in [2.05, 4.69) is 72.1 Å². The molecule has 1 unspecified atom stereocenters. The third-order valence-corrected chi connectivity index (χ3v) is 7.08. The molecule has 0 amide bonds. The lowest BCUT2D eigenvalue weighted by Gasteiger charge is -2.39. The zero-order chi connectivity index (χ0) is 23.9. The number of anilines is 1. The average molecular weight is 468 g/mol. The van der Waals surface area contributed by atoms with E-state index < -0.39 is 0 Å². The highest BCUT2D eigenvalue weighted by Gasteiger charge is 2.26. The van der Waals surface area contributed by atoms with Gasteiger partial charge in [0, 0.05) is 52.6 Å². The van der Waals surface area contributed by atoms with Gasteiger partial charge in [0.15, 0.2) is 11.5 Å². The second-order valence-electron chi connectivity index (χ2n) is 10.1. The molecule has 0 N–H and O–H groups in total. The summed E-state index contributed by atoms with van der Waals surface area (Å²) >= 11 is 0. The smallest absolute Gasteiger partial charge is 0.231 e. The van der Waals surface area contributed by atoms with Crippen LogP contribution in [0.2, 0.25) is 0 Å². The molecule has 186 valence electrons. The molecule has 0 radical (unpaired) electrons. The fourth-order valence-electron chi connectivity index (χ4n) is 5.17. The fraction of sp³-hybridized carbons (Fsp3) is 0.571. The lowest BCUT2D eigenvalue weighted by atomic mass is 9.97. The number of hydrogen-bond donors (Lipinski definition) is 0. The van der Waals surface area contributed by atoms with Crippen LogP contribution in [0.4, 0.5) is 5.69 Å². The van der Waals surface area contributed by atoms with E-state index in [0.717, 1.165) is 57.3 Å². The van der Waals surface area contributed by atoms with E-state index >= 15 is 0 Å². The van der Waals surface area contributed by atoms with Gasteiger partial charge in [-0.15, -0.1) is 0 Å². The third kappa shape index (κ3) is 6.65. The Kier molecular flexibility index (Phi) is 8.70. The van der Waals surface area contributed by atoms with Gasteiger partial charge in [-0.25, -0.2) is 0 Å². The molecule has 6 nitrogen and oxygen atoms in total. The van der Waals surface area contributed by atoms with Crippen LogP contribution >= 0.6 is 0 Å². The number of fused-ring (bicyclic) bond motifs is 1. The standard InChI is InChI=1S/C28H41N3O3/c1-22(17-24-7-10-27-28(18-24)34-21-33-27)19-31(15-16-32-4)26-11-13-30(14-12-26)20-23-5-8-25(9-6-23)29(2)3/h5-10,18,22,26H,11-17,19-21H2,1-4H3. The van der Waals surface area contributed by atoms with E-state index in [4.69, 9.17) is 14.2 Å². The van der Waals surface area contributed by atoms with Crippen LogP contribution in [-0.4, -0.2) is 76.6 Å². The molecule has 2 aromatic carbocycles. The minimum atomic E-state index is 0.333. The van der Waals surface area contributed by atoms with E-state index in [1.807, 2.05) is 6.07 Å². The van der Waals surface area contributed by atoms with Crippen molar-refractivity contribution >= 4 is 5.69 Å². The summed E-state index contributed by atoms with van der Waals surface area (Å²) in [5.41, 5.74) is 3.97. The largest absolute Gasteiger partial charge is 0.454 e.